The summed E-state index contributed by atoms with van der Waals surface area (Å²) in [6.07, 6.45) is 7.13. The Labute approximate surface area is 347 Å². The molecule has 5 aromatic rings. The molecule has 5 aromatic carbocycles. The van der Waals surface area contributed by atoms with Crippen LogP contribution < -0.4 is 24.8 Å². The molecule has 0 unspecified atom stereocenters. The maximum atomic E-state index is 3.65. The molecule has 0 amide bonds. The van der Waals surface area contributed by atoms with Crippen molar-refractivity contribution in [1.82, 2.24) is 0 Å². The van der Waals surface area contributed by atoms with Crippen LogP contribution in [0, 0.1) is 33.8 Å². The average molecular weight is 817 g/mol. The maximum absolute atomic E-state index is 3.65. The van der Waals surface area contributed by atoms with E-state index >= 15 is 0 Å². The van der Waals surface area contributed by atoms with E-state index in [-0.39, 0.29) is 35.6 Å². The van der Waals surface area contributed by atoms with Gasteiger partial charge in [0.15, 0.2) is 0 Å². The molecule has 0 aliphatic heterocycles. The van der Waals surface area contributed by atoms with Crippen LogP contribution in [0.1, 0.15) is 134 Å². The average Bonchev–Trinajstić information content (AvgIpc) is 3.74. The number of halogens is 2. The first-order valence-electron chi connectivity index (χ1n) is 18.6. The molecule has 0 saturated carbocycles. The van der Waals surface area contributed by atoms with Crippen LogP contribution in [-0.4, -0.2) is 3.21 Å². The number of aryl methyl sites for hydroxylation is 4. The quantitative estimate of drug-likeness (QED) is 0.169. The Hall–Kier alpha value is -2.96. The third-order valence-corrected chi connectivity index (χ3v) is 12.4. The number of hydrogen-bond acceptors (Lipinski definition) is 0. The van der Waals surface area contributed by atoms with Crippen molar-refractivity contribution in [2.45, 2.75) is 106 Å². The summed E-state index contributed by atoms with van der Waals surface area (Å²) in [5.41, 5.74) is 24.2. The Morgan fingerprint density at radius 2 is 1.15 bits per heavy atom. The van der Waals surface area contributed by atoms with Gasteiger partial charge in [0.25, 0.3) is 0 Å². The summed E-state index contributed by atoms with van der Waals surface area (Å²) in [6.45, 7) is 26.7. The predicted molar refractivity (Wildman–Crippen MR) is 218 cm³/mol. The van der Waals surface area contributed by atoms with E-state index in [4.69, 9.17) is 0 Å². The smallest absolute Gasteiger partial charge is 1.00 e. The van der Waals surface area contributed by atoms with Gasteiger partial charge in [-0.15, -0.1) is 11.6 Å². The summed E-state index contributed by atoms with van der Waals surface area (Å²) in [4.78, 5) is 0. The van der Waals surface area contributed by atoms with Crippen LogP contribution in [0.2, 0.25) is 0 Å². The van der Waals surface area contributed by atoms with Crippen LogP contribution in [0.25, 0.3) is 22.3 Å². The zero-order chi connectivity index (χ0) is 37.0. The maximum Gasteiger partial charge on any atom is -1.00 e. The van der Waals surface area contributed by atoms with E-state index in [1.807, 2.05) is 0 Å². The van der Waals surface area contributed by atoms with Gasteiger partial charge in [0, 0.05) is 5.41 Å². The Balaban J connectivity index is 0.000000194. The van der Waals surface area contributed by atoms with Crippen LogP contribution >= 0.6 is 0 Å². The molecule has 0 atom stereocenters. The van der Waals surface area contributed by atoms with Crippen molar-refractivity contribution in [1.29, 1.82) is 0 Å². The minimum atomic E-state index is 0. The first kappa shape index (κ1) is 42.8. The largest absolute Gasteiger partial charge is 1.00 e. The molecule has 3 heteroatoms. The van der Waals surface area contributed by atoms with Crippen LogP contribution in [0.15, 0.2) is 91.0 Å². The number of rotatable bonds is 3. The SMILES string of the molecule is CC1=[C-]C(C)(C)c2cc3c(cc21)-c1cc2c(cc1C3)C(C)(C)C=C2C.Cc1cc(C(C)C)c(C)[cH-]1.Cc1ccc([C](=[Zr+2])c2ccc(C)cc2)cc1.[Cl-].[Cl-]. The summed E-state index contributed by atoms with van der Waals surface area (Å²) in [5, 5.41) is 0. The van der Waals surface area contributed by atoms with Gasteiger partial charge in [0.2, 0.25) is 0 Å². The summed E-state index contributed by atoms with van der Waals surface area (Å²) in [6, 6.07) is 31.9. The molecule has 0 bridgehead atoms. The van der Waals surface area contributed by atoms with E-state index in [0.717, 1.165) is 6.42 Å². The van der Waals surface area contributed by atoms with Crippen LogP contribution in [0.3, 0.4) is 0 Å². The van der Waals surface area contributed by atoms with Crippen molar-refractivity contribution in [2.75, 3.05) is 0 Å². The first-order chi connectivity index (χ1) is 23.9. The minimum Gasteiger partial charge on any atom is -1.00 e. The zero-order valence-electron chi connectivity index (χ0n) is 33.7. The molecule has 3 aliphatic carbocycles. The number of hydrogen-bond donors (Lipinski definition) is 0. The summed E-state index contributed by atoms with van der Waals surface area (Å²) in [7, 11) is 0. The van der Waals surface area contributed by atoms with Crippen LogP contribution in [0.4, 0.5) is 0 Å². The number of allylic oxidation sites excluding steroid dienone is 4. The van der Waals surface area contributed by atoms with E-state index in [1.54, 1.807) is 0 Å². The molecule has 0 spiro atoms. The molecule has 53 heavy (non-hydrogen) atoms. The van der Waals surface area contributed by atoms with Gasteiger partial charge >= 0.3 is 112 Å². The van der Waals surface area contributed by atoms with Gasteiger partial charge in [-0.3, -0.25) is 6.08 Å². The molecule has 274 valence electrons. The standard InChI is InChI=1S/C25H25.C15H14.C10H15.2ClH.Zr/c1-14-12-24(3,4)22-8-16-7-17-9-23-19(15(2)13-25(23,5)6)11-21(17)20(16)10-18(14)22;1-12-3-7-14(8-4-12)11-15-9-5-13(2)6-10-15;1-7(2)10-6-8(3)5-9(10)4;;;/h8-12H,7H2,1-6H3;3-10H,1-2H3;5-7H,1-4H3;2*1H;/q-1;;-1;;;+2/p-2. The second-order valence-electron chi connectivity index (χ2n) is 16.6. The van der Waals surface area contributed by atoms with E-state index < -0.39 is 0 Å². The fourth-order valence-electron chi connectivity index (χ4n) is 8.33. The van der Waals surface area contributed by atoms with Crippen molar-refractivity contribution >= 4 is 14.4 Å². The third kappa shape index (κ3) is 8.80. The van der Waals surface area contributed by atoms with Crippen LogP contribution in [0.5, 0.6) is 0 Å². The van der Waals surface area contributed by atoms with Gasteiger partial charge in [0.1, 0.15) is 0 Å². The van der Waals surface area contributed by atoms with E-state index in [2.05, 4.69) is 180 Å². The Kier molecular flexibility index (Phi) is 13.2. The van der Waals surface area contributed by atoms with E-state index in [9.17, 15) is 0 Å². The van der Waals surface area contributed by atoms with Gasteiger partial charge in [0.05, 0.1) is 0 Å². The second kappa shape index (κ2) is 16.4. The predicted octanol–water partition coefficient (Wildman–Crippen LogP) is 7.02. The normalized spacial score (nSPS) is 14.8. The summed E-state index contributed by atoms with van der Waals surface area (Å²) in [5.74, 6) is 0.675. The second-order valence-corrected chi connectivity index (χ2v) is 17.9. The zero-order valence-corrected chi connectivity index (χ0v) is 37.7. The van der Waals surface area contributed by atoms with Crippen molar-refractivity contribution in [3.8, 4) is 11.1 Å². The third-order valence-electron chi connectivity index (χ3n) is 11.0. The van der Waals surface area contributed by atoms with Gasteiger partial charge in [-0.25, -0.2) is 11.6 Å². The molecule has 0 saturated heterocycles. The fraction of sp³-hybridized carbons (Fsp3) is 0.320. The number of fused-ring (bicyclic) bond motifs is 5. The van der Waals surface area contributed by atoms with E-state index in [0.29, 0.717) is 5.92 Å². The van der Waals surface area contributed by atoms with Crippen molar-refractivity contribution < 1.29 is 49.0 Å². The molecular weight excluding hydrogens is 763 g/mol. The Morgan fingerprint density at radius 1 is 0.660 bits per heavy atom. The first-order valence-corrected chi connectivity index (χ1v) is 19.8. The summed E-state index contributed by atoms with van der Waals surface area (Å²) < 4.78 is 1.42. The van der Waals surface area contributed by atoms with Crippen molar-refractivity contribution in [3.05, 3.63) is 169 Å². The molecule has 0 fully saturated rings. The monoisotopic (exact) mass is 814 g/mol. The molecule has 0 heterocycles. The van der Waals surface area contributed by atoms with Crippen molar-refractivity contribution in [3.63, 3.8) is 0 Å². The number of benzene rings is 4. The topological polar surface area (TPSA) is 0 Å². The van der Waals surface area contributed by atoms with Gasteiger partial charge in [-0.05, 0) is 58.4 Å². The van der Waals surface area contributed by atoms with Gasteiger partial charge < -0.3 is 24.8 Å². The van der Waals surface area contributed by atoms with Crippen molar-refractivity contribution in [2.24, 2.45) is 0 Å². The Morgan fingerprint density at radius 3 is 1.60 bits per heavy atom. The minimum absolute atomic E-state index is 0. The fourth-order valence-corrected chi connectivity index (χ4v) is 9.15. The molecule has 0 nitrogen and oxygen atoms in total. The molecule has 0 radical (unpaired) electrons. The van der Waals surface area contributed by atoms with Gasteiger partial charge in [-0.1, -0.05) is 91.9 Å². The molecular formula is C50H54Cl2Zr-2. The molecule has 0 aromatic heterocycles. The molecule has 3 aliphatic rings. The molecule has 8 rings (SSSR count). The van der Waals surface area contributed by atoms with Gasteiger partial charge in [-0.2, -0.15) is 28.3 Å². The van der Waals surface area contributed by atoms with E-state index in [1.165, 1.54) is 122 Å². The molecule has 0 N–H and O–H groups in total. The summed E-state index contributed by atoms with van der Waals surface area (Å²) >= 11 is 1.46. The Bertz CT molecular complexity index is 2070. The van der Waals surface area contributed by atoms with Crippen LogP contribution in [-0.2, 0) is 41.5 Å².